The Hall–Kier alpha value is -1.51. The number of rotatable bonds is 4. The number of anilines is 1. The molecule has 0 aromatic carbocycles. The first-order valence-corrected chi connectivity index (χ1v) is 8.72. The van der Waals surface area contributed by atoms with Crippen LogP contribution in [0.2, 0.25) is 10.0 Å². The maximum absolute atomic E-state index is 12.3. The highest BCUT2D eigenvalue weighted by atomic mass is 35.5. The van der Waals surface area contributed by atoms with Crippen molar-refractivity contribution in [2.45, 2.75) is 43.5 Å². The molecule has 0 aliphatic rings. The van der Waals surface area contributed by atoms with Crippen molar-refractivity contribution < 1.29 is 4.79 Å². The molecule has 0 aliphatic heterocycles. The highest BCUT2D eigenvalue weighted by molar-refractivity contribution is 8.00. The second kappa shape index (κ2) is 7.16. The standard InChI is InChI=1S/C14H18Cl2N6OS/c1-7(11(23)19-10-9(16)5-8(15)6-18-10)24-13-21-20-12(22(13)17)14(2,3)4/h5-7H,17H2,1-4H3,(H,18,19,23)/t7-/m0/s1. The fraction of sp³-hybridized carbons (Fsp3) is 0.429. The molecule has 130 valence electrons. The summed E-state index contributed by atoms with van der Waals surface area (Å²) in [6, 6.07) is 1.51. The van der Waals surface area contributed by atoms with Gasteiger partial charge in [-0.15, -0.1) is 10.2 Å². The number of nitrogens with one attached hydrogen (secondary N) is 1. The maximum Gasteiger partial charge on any atom is 0.238 e. The molecule has 0 unspecified atom stereocenters. The molecule has 2 rings (SSSR count). The van der Waals surface area contributed by atoms with Crippen LogP contribution in [0.5, 0.6) is 0 Å². The Morgan fingerprint density at radius 3 is 2.58 bits per heavy atom. The Kier molecular flexibility index (Phi) is 5.62. The molecule has 3 N–H and O–H groups in total. The van der Waals surface area contributed by atoms with Crippen LogP contribution in [0.1, 0.15) is 33.5 Å². The van der Waals surface area contributed by atoms with Crippen LogP contribution in [0.15, 0.2) is 17.4 Å². The normalized spacial score (nSPS) is 12.9. The number of carbonyl (C=O) groups is 1. The second-order valence-corrected chi connectivity index (χ2v) is 8.31. The summed E-state index contributed by atoms with van der Waals surface area (Å²) in [6.45, 7) is 7.69. The molecule has 0 saturated carbocycles. The summed E-state index contributed by atoms with van der Waals surface area (Å²) in [5.41, 5.74) is -0.243. The number of hydrogen-bond donors (Lipinski definition) is 2. The fourth-order valence-corrected chi connectivity index (χ4v) is 3.00. The lowest BCUT2D eigenvalue weighted by molar-refractivity contribution is -0.115. The van der Waals surface area contributed by atoms with Gasteiger partial charge in [-0.05, 0) is 13.0 Å². The first-order valence-electron chi connectivity index (χ1n) is 7.09. The number of thioether (sulfide) groups is 1. The van der Waals surface area contributed by atoms with Crippen LogP contribution in [0.3, 0.4) is 0 Å². The lowest BCUT2D eigenvalue weighted by Crippen LogP contribution is -2.26. The van der Waals surface area contributed by atoms with Gasteiger partial charge in [-0.3, -0.25) is 4.79 Å². The summed E-state index contributed by atoms with van der Waals surface area (Å²) < 4.78 is 1.40. The molecule has 1 amide bonds. The van der Waals surface area contributed by atoms with Gasteiger partial charge in [-0.1, -0.05) is 55.7 Å². The van der Waals surface area contributed by atoms with Crippen molar-refractivity contribution in [2.24, 2.45) is 0 Å². The third kappa shape index (κ3) is 4.31. The van der Waals surface area contributed by atoms with E-state index in [0.717, 1.165) is 0 Å². The molecule has 0 bridgehead atoms. The molecule has 2 aromatic rings. The quantitative estimate of drug-likeness (QED) is 0.616. The van der Waals surface area contributed by atoms with Gasteiger partial charge in [-0.25, -0.2) is 9.66 Å². The van der Waals surface area contributed by atoms with Gasteiger partial charge in [0.05, 0.1) is 15.3 Å². The van der Waals surface area contributed by atoms with Crippen LogP contribution in [-0.4, -0.2) is 31.0 Å². The Morgan fingerprint density at radius 1 is 1.38 bits per heavy atom. The fourth-order valence-electron chi connectivity index (χ4n) is 1.81. The van der Waals surface area contributed by atoms with Crippen LogP contribution >= 0.6 is 35.0 Å². The van der Waals surface area contributed by atoms with Crippen molar-refractivity contribution in [1.82, 2.24) is 19.9 Å². The SMILES string of the molecule is C[C@H](Sc1nnc(C(C)(C)C)n1N)C(=O)Nc1ncc(Cl)cc1Cl. The van der Waals surface area contributed by atoms with E-state index >= 15 is 0 Å². The summed E-state index contributed by atoms with van der Waals surface area (Å²) >= 11 is 13.0. The van der Waals surface area contributed by atoms with Gasteiger partial charge in [0.25, 0.3) is 0 Å². The predicted molar refractivity (Wildman–Crippen MR) is 97.1 cm³/mol. The molecule has 0 saturated heterocycles. The van der Waals surface area contributed by atoms with Crippen LogP contribution in [0.25, 0.3) is 0 Å². The largest absolute Gasteiger partial charge is 0.336 e. The summed E-state index contributed by atoms with van der Waals surface area (Å²) in [7, 11) is 0. The lowest BCUT2D eigenvalue weighted by atomic mass is 9.96. The summed E-state index contributed by atoms with van der Waals surface area (Å²) in [5, 5.41) is 11.4. The Bertz CT molecular complexity index is 758. The van der Waals surface area contributed by atoms with Gasteiger partial charge >= 0.3 is 0 Å². The number of nitrogens with two attached hydrogens (primary N) is 1. The number of nitrogens with zero attached hydrogens (tertiary/aromatic N) is 4. The zero-order chi connectivity index (χ0) is 18.1. The molecule has 0 spiro atoms. The average molecular weight is 389 g/mol. The molecular weight excluding hydrogens is 371 g/mol. The minimum absolute atomic E-state index is 0.243. The number of nitrogen functional groups attached to an aromatic ring is 1. The summed E-state index contributed by atoms with van der Waals surface area (Å²) in [4.78, 5) is 16.3. The number of aromatic nitrogens is 4. The summed E-state index contributed by atoms with van der Waals surface area (Å²) in [5.74, 6) is 6.63. The van der Waals surface area contributed by atoms with Crippen molar-refractivity contribution in [3.05, 3.63) is 28.1 Å². The van der Waals surface area contributed by atoms with E-state index in [0.29, 0.717) is 16.0 Å². The zero-order valence-corrected chi connectivity index (χ0v) is 16.0. The summed E-state index contributed by atoms with van der Waals surface area (Å²) in [6.07, 6.45) is 1.41. The molecule has 7 nitrogen and oxygen atoms in total. The second-order valence-electron chi connectivity index (χ2n) is 6.16. The van der Waals surface area contributed by atoms with Crippen molar-refractivity contribution in [3.63, 3.8) is 0 Å². The minimum Gasteiger partial charge on any atom is -0.336 e. The monoisotopic (exact) mass is 388 g/mol. The first-order chi connectivity index (χ1) is 11.1. The Balaban J connectivity index is 2.08. The Morgan fingerprint density at radius 2 is 2.04 bits per heavy atom. The van der Waals surface area contributed by atoms with Crippen LogP contribution in [-0.2, 0) is 10.2 Å². The number of amides is 1. The van der Waals surface area contributed by atoms with E-state index in [1.807, 2.05) is 20.8 Å². The zero-order valence-electron chi connectivity index (χ0n) is 13.7. The van der Waals surface area contributed by atoms with Gasteiger partial charge in [0, 0.05) is 11.6 Å². The van der Waals surface area contributed by atoms with Gasteiger partial charge in [0.15, 0.2) is 11.6 Å². The van der Waals surface area contributed by atoms with Gasteiger partial charge in [0.1, 0.15) is 0 Å². The van der Waals surface area contributed by atoms with Crippen LogP contribution < -0.4 is 11.2 Å². The molecule has 10 heteroatoms. The van der Waals surface area contributed by atoms with Crippen LogP contribution in [0, 0.1) is 0 Å². The predicted octanol–water partition coefficient (Wildman–Crippen LogP) is 3.11. The molecular formula is C14H18Cl2N6OS. The van der Waals surface area contributed by atoms with E-state index in [1.54, 1.807) is 6.92 Å². The van der Waals surface area contributed by atoms with E-state index in [9.17, 15) is 4.79 Å². The Labute approximate surface area is 154 Å². The van der Waals surface area contributed by atoms with E-state index in [1.165, 1.54) is 28.7 Å². The van der Waals surface area contributed by atoms with E-state index < -0.39 is 5.25 Å². The lowest BCUT2D eigenvalue weighted by Gasteiger charge is -2.17. The first kappa shape index (κ1) is 18.8. The molecule has 2 aromatic heterocycles. The molecule has 2 heterocycles. The third-order valence-electron chi connectivity index (χ3n) is 3.04. The number of pyridine rings is 1. The number of halogens is 2. The molecule has 24 heavy (non-hydrogen) atoms. The topological polar surface area (TPSA) is 98.7 Å². The van der Waals surface area contributed by atoms with Crippen molar-refractivity contribution in [1.29, 1.82) is 0 Å². The van der Waals surface area contributed by atoms with E-state index in [-0.39, 0.29) is 22.2 Å². The minimum atomic E-state index is -0.474. The number of carbonyl (C=O) groups excluding carboxylic acids is 1. The van der Waals surface area contributed by atoms with Crippen molar-refractivity contribution in [2.75, 3.05) is 11.2 Å². The van der Waals surface area contributed by atoms with Gasteiger partial charge in [0.2, 0.25) is 11.1 Å². The molecule has 1 atom stereocenters. The molecule has 0 radical (unpaired) electrons. The molecule has 0 aliphatic carbocycles. The maximum atomic E-state index is 12.3. The third-order valence-corrected chi connectivity index (χ3v) is 4.59. The van der Waals surface area contributed by atoms with Crippen LogP contribution in [0.4, 0.5) is 5.82 Å². The molecule has 0 fully saturated rings. The average Bonchev–Trinajstić information content (AvgIpc) is 2.83. The van der Waals surface area contributed by atoms with E-state index in [4.69, 9.17) is 29.0 Å². The van der Waals surface area contributed by atoms with Gasteiger partial charge < -0.3 is 11.2 Å². The van der Waals surface area contributed by atoms with Gasteiger partial charge in [-0.2, -0.15) is 0 Å². The van der Waals surface area contributed by atoms with Crippen molar-refractivity contribution >= 4 is 46.7 Å². The highest BCUT2D eigenvalue weighted by Gasteiger charge is 2.25. The highest BCUT2D eigenvalue weighted by Crippen LogP contribution is 2.27. The number of hydrogen-bond acceptors (Lipinski definition) is 6. The van der Waals surface area contributed by atoms with Crippen molar-refractivity contribution in [3.8, 4) is 0 Å². The smallest absolute Gasteiger partial charge is 0.238 e. The van der Waals surface area contributed by atoms with E-state index in [2.05, 4.69) is 20.5 Å².